The molecular formula is C28H29FN2O5S. The number of nitrogens with zero attached hydrogens (tertiary/aromatic N) is 2. The monoisotopic (exact) mass is 524 g/mol. The van der Waals surface area contributed by atoms with Crippen molar-refractivity contribution in [2.24, 2.45) is 0 Å². The number of ether oxygens (including phenoxy) is 3. The first-order valence-corrected chi connectivity index (χ1v) is 13.3. The molecule has 1 aromatic heterocycles. The second-order valence-electron chi connectivity index (χ2n) is 9.15. The van der Waals surface area contributed by atoms with Gasteiger partial charge in [0.05, 0.1) is 6.04 Å². The average Bonchev–Trinajstić information content (AvgIpc) is 3.59. The topological polar surface area (TPSA) is 68.3 Å². The highest BCUT2D eigenvalue weighted by Gasteiger charge is 2.35. The van der Waals surface area contributed by atoms with Crippen LogP contribution in [-0.2, 0) is 11.2 Å². The van der Waals surface area contributed by atoms with Gasteiger partial charge in [-0.2, -0.15) is 0 Å². The van der Waals surface area contributed by atoms with E-state index in [0.717, 1.165) is 12.0 Å². The van der Waals surface area contributed by atoms with Gasteiger partial charge in [0.25, 0.3) is 5.91 Å². The van der Waals surface area contributed by atoms with E-state index in [4.69, 9.17) is 14.2 Å². The highest BCUT2D eigenvalue weighted by molar-refractivity contribution is 7.10. The standard InChI is InChI=1S/C28H29FN2O5S/c1-3-18(2)31(28(33)19-8-9-24-25(14-19)36-17-35-24)15-27(32)30-12-10-26-20(11-13-37-26)22(30)16-34-23-7-5-4-6-21(23)29/h4-9,11,13-14,18,22H,3,10,12,15-17H2,1-2H3/t18-,22-/m1/s1. The summed E-state index contributed by atoms with van der Waals surface area (Å²) in [6.07, 6.45) is 1.42. The molecule has 0 radical (unpaired) electrons. The summed E-state index contributed by atoms with van der Waals surface area (Å²) in [5.41, 5.74) is 1.45. The fourth-order valence-electron chi connectivity index (χ4n) is 4.69. The van der Waals surface area contributed by atoms with Crippen LogP contribution in [0, 0.1) is 5.82 Å². The summed E-state index contributed by atoms with van der Waals surface area (Å²) in [6, 6.07) is 12.8. The van der Waals surface area contributed by atoms with Gasteiger partial charge in [-0.25, -0.2) is 4.39 Å². The van der Waals surface area contributed by atoms with E-state index in [9.17, 15) is 14.0 Å². The molecule has 0 saturated heterocycles. The summed E-state index contributed by atoms with van der Waals surface area (Å²) in [5, 5.41) is 2.00. The minimum atomic E-state index is -0.445. The third-order valence-corrected chi connectivity index (χ3v) is 7.95. The second kappa shape index (κ2) is 10.8. The summed E-state index contributed by atoms with van der Waals surface area (Å²) in [4.78, 5) is 31.8. The lowest BCUT2D eigenvalue weighted by molar-refractivity contribution is -0.136. The molecule has 9 heteroatoms. The molecule has 5 rings (SSSR count). The van der Waals surface area contributed by atoms with E-state index in [2.05, 4.69) is 0 Å². The van der Waals surface area contributed by atoms with Gasteiger partial charge in [-0.3, -0.25) is 9.59 Å². The van der Waals surface area contributed by atoms with E-state index in [1.54, 1.807) is 57.5 Å². The summed E-state index contributed by atoms with van der Waals surface area (Å²) < 4.78 is 30.8. The van der Waals surface area contributed by atoms with E-state index >= 15 is 0 Å². The number of rotatable bonds is 8. The third-order valence-electron chi connectivity index (χ3n) is 6.96. The van der Waals surface area contributed by atoms with E-state index in [1.165, 1.54) is 10.9 Å². The van der Waals surface area contributed by atoms with Crippen molar-refractivity contribution in [2.75, 3.05) is 26.5 Å². The summed E-state index contributed by atoms with van der Waals surface area (Å²) >= 11 is 1.65. The van der Waals surface area contributed by atoms with Gasteiger partial charge in [-0.15, -0.1) is 11.3 Å². The number of benzene rings is 2. The number of carbonyl (C=O) groups is 2. The van der Waals surface area contributed by atoms with Crippen molar-refractivity contribution >= 4 is 23.2 Å². The molecule has 0 bridgehead atoms. The molecule has 7 nitrogen and oxygen atoms in total. The fourth-order valence-corrected chi connectivity index (χ4v) is 5.61. The van der Waals surface area contributed by atoms with Crippen LogP contribution in [0.3, 0.4) is 0 Å². The van der Waals surface area contributed by atoms with E-state index < -0.39 is 5.82 Å². The lowest BCUT2D eigenvalue weighted by Gasteiger charge is -2.38. The Bertz CT molecular complexity index is 1300. The lowest BCUT2D eigenvalue weighted by Crippen LogP contribution is -2.49. The Morgan fingerprint density at radius 3 is 2.81 bits per heavy atom. The Morgan fingerprint density at radius 1 is 1.19 bits per heavy atom. The van der Waals surface area contributed by atoms with Gasteiger partial charge < -0.3 is 24.0 Å². The number of carbonyl (C=O) groups excluding carboxylic acids is 2. The first-order valence-electron chi connectivity index (χ1n) is 12.4. The molecule has 0 unspecified atom stereocenters. The molecule has 0 spiro atoms. The Balaban J connectivity index is 1.36. The Labute approximate surface area is 219 Å². The van der Waals surface area contributed by atoms with Crippen LogP contribution in [0.5, 0.6) is 17.2 Å². The molecule has 37 heavy (non-hydrogen) atoms. The molecule has 0 fully saturated rings. The Kier molecular flexibility index (Phi) is 7.32. The van der Waals surface area contributed by atoms with Crippen LogP contribution in [-0.4, -0.2) is 54.1 Å². The predicted molar refractivity (Wildman–Crippen MR) is 138 cm³/mol. The highest BCUT2D eigenvalue weighted by atomic mass is 32.1. The summed E-state index contributed by atoms with van der Waals surface area (Å²) in [5.74, 6) is 0.408. The third kappa shape index (κ3) is 5.13. The number of hydrogen-bond acceptors (Lipinski definition) is 6. The molecule has 0 saturated carbocycles. The number of fused-ring (bicyclic) bond motifs is 2. The maximum atomic E-state index is 14.2. The van der Waals surface area contributed by atoms with E-state index in [1.807, 2.05) is 25.3 Å². The van der Waals surface area contributed by atoms with Crippen molar-refractivity contribution in [3.63, 3.8) is 0 Å². The molecule has 2 atom stereocenters. The lowest BCUT2D eigenvalue weighted by atomic mass is 10.00. The largest absolute Gasteiger partial charge is 0.488 e. The molecular weight excluding hydrogens is 495 g/mol. The maximum Gasteiger partial charge on any atom is 0.254 e. The zero-order chi connectivity index (χ0) is 25.9. The molecule has 2 aliphatic heterocycles. The van der Waals surface area contributed by atoms with Crippen LogP contribution in [0.25, 0.3) is 0 Å². The van der Waals surface area contributed by atoms with E-state index in [0.29, 0.717) is 30.0 Å². The van der Waals surface area contributed by atoms with Crippen LogP contribution in [0.2, 0.25) is 0 Å². The number of hydrogen-bond donors (Lipinski definition) is 0. The number of thiophene rings is 1. The Morgan fingerprint density at radius 2 is 2.00 bits per heavy atom. The number of halogens is 1. The molecule has 3 aromatic rings. The number of amides is 2. The molecule has 2 aromatic carbocycles. The van der Waals surface area contributed by atoms with Gasteiger partial charge >= 0.3 is 0 Å². The first kappa shape index (κ1) is 25.1. The normalized spacial score (nSPS) is 16.7. The van der Waals surface area contributed by atoms with Crippen molar-refractivity contribution in [3.05, 3.63) is 75.7 Å². The van der Waals surface area contributed by atoms with Crippen molar-refractivity contribution in [2.45, 2.75) is 38.8 Å². The van der Waals surface area contributed by atoms with Crippen molar-refractivity contribution in [1.82, 2.24) is 9.80 Å². The minimum Gasteiger partial charge on any atom is -0.488 e. The zero-order valence-corrected chi connectivity index (χ0v) is 21.6. The summed E-state index contributed by atoms with van der Waals surface area (Å²) in [7, 11) is 0. The van der Waals surface area contributed by atoms with Crippen LogP contribution in [0.4, 0.5) is 4.39 Å². The quantitative estimate of drug-likeness (QED) is 0.412. The van der Waals surface area contributed by atoms with Gasteiger partial charge in [-0.1, -0.05) is 19.1 Å². The molecule has 0 N–H and O–H groups in total. The van der Waals surface area contributed by atoms with Crippen molar-refractivity contribution in [3.8, 4) is 17.2 Å². The maximum absolute atomic E-state index is 14.2. The van der Waals surface area contributed by atoms with Crippen LogP contribution >= 0.6 is 11.3 Å². The van der Waals surface area contributed by atoms with Gasteiger partial charge in [0.2, 0.25) is 12.7 Å². The van der Waals surface area contributed by atoms with Crippen LogP contribution in [0.15, 0.2) is 53.9 Å². The van der Waals surface area contributed by atoms with Gasteiger partial charge in [0, 0.05) is 23.0 Å². The fraction of sp³-hybridized carbons (Fsp3) is 0.357. The Hall–Kier alpha value is -3.59. The van der Waals surface area contributed by atoms with Crippen molar-refractivity contribution < 1.29 is 28.2 Å². The van der Waals surface area contributed by atoms with Crippen LogP contribution in [0.1, 0.15) is 47.1 Å². The first-order chi connectivity index (χ1) is 18.0. The van der Waals surface area contributed by atoms with Crippen molar-refractivity contribution in [1.29, 1.82) is 0 Å². The molecule has 0 aliphatic carbocycles. The minimum absolute atomic E-state index is 0.0715. The van der Waals surface area contributed by atoms with E-state index in [-0.39, 0.29) is 49.6 Å². The molecule has 2 amide bonds. The molecule has 2 aliphatic rings. The molecule has 3 heterocycles. The second-order valence-corrected chi connectivity index (χ2v) is 10.2. The highest BCUT2D eigenvalue weighted by Crippen LogP contribution is 2.35. The van der Waals surface area contributed by atoms with Gasteiger partial charge in [0.15, 0.2) is 23.1 Å². The number of para-hydroxylation sites is 1. The summed E-state index contributed by atoms with van der Waals surface area (Å²) in [6.45, 7) is 4.59. The smallest absolute Gasteiger partial charge is 0.254 e. The SMILES string of the molecule is CC[C@@H](C)N(CC(=O)N1CCc2sccc2[C@H]1COc1ccccc1F)C(=O)c1ccc2c(c1)OCO2. The zero-order valence-electron chi connectivity index (χ0n) is 20.8. The van der Waals surface area contributed by atoms with Crippen LogP contribution < -0.4 is 14.2 Å². The molecule has 194 valence electrons. The van der Waals surface area contributed by atoms with Gasteiger partial charge in [-0.05, 0) is 67.1 Å². The average molecular weight is 525 g/mol. The van der Waals surface area contributed by atoms with Gasteiger partial charge in [0.1, 0.15) is 13.2 Å². The predicted octanol–water partition coefficient (Wildman–Crippen LogP) is 5.06.